The number of carbonyl (C=O) groups excluding carboxylic acids is 2. The third kappa shape index (κ3) is 3.92. The number of ether oxygens (including phenoxy) is 1. The largest absolute Gasteiger partial charge is 0.496 e. The number of methoxy groups -OCH3 is 1. The van der Waals surface area contributed by atoms with Gasteiger partial charge in [0, 0.05) is 15.8 Å². The average Bonchev–Trinajstić information content (AvgIpc) is 3.20. The molecule has 0 aliphatic heterocycles. The van der Waals surface area contributed by atoms with Crippen LogP contribution in [0.4, 0.5) is 5.00 Å². The number of fused-ring (bicyclic) bond motifs is 2. The molecule has 2 aromatic carbocycles. The summed E-state index contributed by atoms with van der Waals surface area (Å²) in [4.78, 5) is 31.8. The number of anilines is 1. The molecular formula is C27H25N3O3S. The predicted octanol–water partition coefficient (Wildman–Crippen LogP) is 5.45. The highest BCUT2D eigenvalue weighted by Gasteiger charge is 2.28. The van der Waals surface area contributed by atoms with Gasteiger partial charge in [-0.3, -0.25) is 9.59 Å². The van der Waals surface area contributed by atoms with Gasteiger partial charge in [-0.15, -0.1) is 11.3 Å². The molecule has 3 N–H and O–H groups in total. The Morgan fingerprint density at radius 2 is 1.91 bits per heavy atom. The number of nitrogens with one attached hydrogen (secondary N) is 1. The summed E-state index contributed by atoms with van der Waals surface area (Å²) in [6, 6.07) is 16.9. The van der Waals surface area contributed by atoms with Crippen LogP contribution in [0.15, 0.2) is 54.6 Å². The number of benzene rings is 2. The first-order chi connectivity index (χ1) is 16.5. The second kappa shape index (κ2) is 8.91. The molecule has 0 saturated carbocycles. The molecule has 7 heteroatoms. The van der Waals surface area contributed by atoms with E-state index in [1.807, 2.05) is 48.5 Å². The van der Waals surface area contributed by atoms with Crippen molar-refractivity contribution in [3.8, 4) is 17.0 Å². The summed E-state index contributed by atoms with van der Waals surface area (Å²) >= 11 is 1.46. The lowest BCUT2D eigenvalue weighted by Gasteiger charge is -2.18. The Morgan fingerprint density at radius 1 is 1.15 bits per heavy atom. The Hall–Kier alpha value is -3.71. The fraction of sp³-hybridized carbons (Fsp3) is 0.222. The minimum Gasteiger partial charge on any atom is -0.496 e. The van der Waals surface area contributed by atoms with Crippen LogP contribution < -0.4 is 15.8 Å². The number of hydrogen-bond donors (Lipinski definition) is 2. The van der Waals surface area contributed by atoms with E-state index >= 15 is 0 Å². The van der Waals surface area contributed by atoms with E-state index in [1.54, 1.807) is 13.2 Å². The molecule has 1 atom stereocenters. The van der Waals surface area contributed by atoms with Gasteiger partial charge in [0.25, 0.3) is 11.8 Å². The van der Waals surface area contributed by atoms with Crippen LogP contribution in [0.1, 0.15) is 44.5 Å². The highest BCUT2D eigenvalue weighted by molar-refractivity contribution is 7.17. The first-order valence-corrected chi connectivity index (χ1v) is 12.1. The van der Waals surface area contributed by atoms with Gasteiger partial charge in [0.05, 0.1) is 29.4 Å². The number of rotatable bonds is 5. The summed E-state index contributed by atoms with van der Waals surface area (Å²) in [5, 5.41) is 4.25. The number of aromatic nitrogens is 1. The maximum atomic E-state index is 13.6. The van der Waals surface area contributed by atoms with E-state index in [-0.39, 0.29) is 5.91 Å². The Bertz CT molecular complexity index is 1430. The fourth-order valence-corrected chi connectivity index (χ4v) is 6.04. The summed E-state index contributed by atoms with van der Waals surface area (Å²) < 4.78 is 5.51. The van der Waals surface area contributed by atoms with Crippen molar-refractivity contribution in [2.45, 2.75) is 26.2 Å². The molecule has 0 spiro atoms. The molecule has 4 aromatic rings. The van der Waals surface area contributed by atoms with Crippen LogP contribution in [-0.2, 0) is 12.8 Å². The third-order valence-corrected chi connectivity index (χ3v) is 7.50. The van der Waals surface area contributed by atoms with Crippen LogP contribution in [0, 0.1) is 5.92 Å². The maximum Gasteiger partial charge on any atom is 0.257 e. The van der Waals surface area contributed by atoms with Crippen molar-refractivity contribution < 1.29 is 14.3 Å². The number of nitrogens with two attached hydrogens (primary N) is 1. The van der Waals surface area contributed by atoms with Crippen LogP contribution in [0.3, 0.4) is 0 Å². The SMILES string of the molecule is COc1ccccc1-c1cc(C(=O)Nc2sc3c(c2C(N)=O)CC[C@H](C)C3)c2ccccc2n1. The molecule has 1 aliphatic rings. The zero-order valence-electron chi connectivity index (χ0n) is 19.1. The molecule has 2 heterocycles. The Kier molecular flexibility index (Phi) is 5.79. The minimum absolute atomic E-state index is 0.302. The quantitative estimate of drug-likeness (QED) is 0.405. The van der Waals surface area contributed by atoms with Gasteiger partial charge in [0.1, 0.15) is 10.8 Å². The lowest BCUT2D eigenvalue weighted by Crippen LogP contribution is -2.19. The Balaban J connectivity index is 1.60. The molecule has 0 saturated heterocycles. The smallest absolute Gasteiger partial charge is 0.257 e. The fourth-order valence-electron chi connectivity index (χ4n) is 4.63. The normalized spacial score (nSPS) is 15.1. The van der Waals surface area contributed by atoms with Crippen LogP contribution in [0.2, 0.25) is 0 Å². The van der Waals surface area contributed by atoms with Crippen molar-refractivity contribution in [3.63, 3.8) is 0 Å². The summed E-state index contributed by atoms with van der Waals surface area (Å²) in [5.74, 6) is 0.413. The number of thiophene rings is 1. The number of primary amides is 1. The molecule has 34 heavy (non-hydrogen) atoms. The number of para-hydroxylation sites is 2. The highest BCUT2D eigenvalue weighted by atomic mass is 32.1. The molecule has 2 amide bonds. The van der Waals surface area contributed by atoms with Gasteiger partial charge < -0.3 is 15.8 Å². The molecule has 0 bridgehead atoms. The van der Waals surface area contributed by atoms with Gasteiger partial charge in [-0.1, -0.05) is 37.3 Å². The monoisotopic (exact) mass is 471 g/mol. The van der Waals surface area contributed by atoms with Crippen LogP contribution in [-0.4, -0.2) is 23.9 Å². The first kappa shape index (κ1) is 22.1. The van der Waals surface area contributed by atoms with Crippen LogP contribution in [0.25, 0.3) is 22.2 Å². The number of carbonyl (C=O) groups is 2. The molecule has 0 radical (unpaired) electrons. The molecular weight excluding hydrogens is 446 g/mol. The first-order valence-electron chi connectivity index (χ1n) is 11.2. The molecule has 172 valence electrons. The van der Waals surface area contributed by atoms with E-state index in [0.29, 0.717) is 39.0 Å². The van der Waals surface area contributed by atoms with Crippen LogP contribution >= 0.6 is 11.3 Å². The maximum absolute atomic E-state index is 13.6. The van der Waals surface area contributed by atoms with Crippen LogP contribution in [0.5, 0.6) is 5.75 Å². The highest BCUT2D eigenvalue weighted by Crippen LogP contribution is 2.40. The van der Waals surface area contributed by atoms with E-state index in [2.05, 4.69) is 12.2 Å². The Labute approximate surface area is 201 Å². The molecule has 6 nitrogen and oxygen atoms in total. The van der Waals surface area contributed by atoms with Gasteiger partial charge >= 0.3 is 0 Å². The van der Waals surface area contributed by atoms with Crippen molar-refractivity contribution in [2.75, 3.05) is 12.4 Å². The predicted molar refractivity (Wildman–Crippen MR) is 136 cm³/mol. The van der Waals surface area contributed by atoms with Gasteiger partial charge in [-0.2, -0.15) is 0 Å². The van der Waals surface area contributed by atoms with Gasteiger partial charge in [0.2, 0.25) is 0 Å². The standard InChI is InChI=1S/C27H25N3O3S/c1-15-11-12-18-23(13-15)34-27(24(18)25(28)31)30-26(32)19-14-21(17-8-4-6-10-22(17)33-2)29-20-9-5-3-7-16(19)20/h3-10,14-15H,11-13H2,1-2H3,(H2,28,31)(H,30,32)/t15-/m0/s1. The number of hydrogen-bond acceptors (Lipinski definition) is 5. The average molecular weight is 472 g/mol. The zero-order chi connectivity index (χ0) is 23.8. The summed E-state index contributed by atoms with van der Waals surface area (Å²) in [6.45, 7) is 2.20. The Morgan fingerprint density at radius 3 is 2.71 bits per heavy atom. The summed E-state index contributed by atoms with van der Waals surface area (Å²) in [7, 11) is 1.61. The zero-order valence-corrected chi connectivity index (χ0v) is 19.9. The van der Waals surface area contributed by atoms with Crippen molar-refractivity contribution in [3.05, 3.63) is 76.2 Å². The molecule has 5 rings (SSSR count). The summed E-state index contributed by atoms with van der Waals surface area (Å²) in [6.07, 6.45) is 2.71. The molecule has 0 fully saturated rings. The van der Waals surface area contributed by atoms with E-state index in [4.69, 9.17) is 15.5 Å². The van der Waals surface area contributed by atoms with Crippen molar-refractivity contribution >= 4 is 39.1 Å². The molecule has 0 unspecified atom stereocenters. The molecule has 2 aromatic heterocycles. The van der Waals surface area contributed by atoms with E-state index in [0.717, 1.165) is 40.7 Å². The second-order valence-corrected chi connectivity index (χ2v) is 9.75. The van der Waals surface area contributed by atoms with Gasteiger partial charge in [-0.25, -0.2) is 4.98 Å². The van der Waals surface area contributed by atoms with E-state index in [9.17, 15) is 9.59 Å². The van der Waals surface area contributed by atoms with Crippen molar-refractivity contribution in [1.29, 1.82) is 0 Å². The summed E-state index contributed by atoms with van der Waals surface area (Å²) in [5.41, 5.74) is 9.78. The minimum atomic E-state index is -0.503. The third-order valence-electron chi connectivity index (χ3n) is 6.33. The number of pyridine rings is 1. The van der Waals surface area contributed by atoms with E-state index < -0.39 is 5.91 Å². The number of amides is 2. The van der Waals surface area contributed by atoms with Gasteiger partial charge in [-0.05, 0) is 55.0 Å². The van der Waals surface area contributed by atoms with Crippen molar-refractivity contribution in [1.82, 2.24) is 4.98 Å². The lowest BCUT2D eigenvalue weighted by atomic mass is 9.88. The van der Waals surface area contributed by atoms with Crippen molar-refractivity contribution in [2.24, 2.45) is 11.7 Å². The van der Waals surface area contributed by atoms with E-state index in [1.165, 1.54) is 11.3 Å². The van der Waals surface area contributed by atoms with Gasteiger partial charge in [0.15, 0.2) is 0 Å². The number of nitrogens with zero attached hydrogens (tertiary/aromatic N) is 1. The lowest BCUT2D eigenvalue weighted by molar-refractivity contribution is 0.1000. The second-order valence-electron chi connectivity index (χ2n) is 8.65. The molecule has 1 aliphatic carbocycles. The topological polar surface area (TPSA) is 94.3 Å².